The molecule has 2 heterocycles. The van der Waals surface area contributed by atoms with E-state index in [1.807, 2.05) is 0 Å². The second-order valence-electron chi connectivity index (χ2n) is 7.77. The van der Waals surface area contributed by atoms with E-state index in [4.69, 9.17) is 0 Å². The number of aliphatic carboxylic acids is 1. The fourth-order valence-corrected chi connectivity index (χ4v) is 5.05. The van der Waals surface area contributed by atoms with Crippen LogP contribution in [0.2, 0.25) is 0 Å². The summed E-state index contributed by atoms with van der Waals surface area (Å²) in [6, 6.07) is 4.44. The fraction of sp³-hybridized carbons (Fsp3) is 0.318. The Kier molecular flexibility index (Phi) is 5.09. The number of hydrogen-bond acceptors (Lipinski definition) is 5. The quantitative estimate of drug-likeness (QED) is 0.610. The molecule has 0 fully saturated rings. The number of fused-ring (bicyclic) bond motifs is 2. The van der Waals surface area contributed by atoms with Gasteiger partial charge in [0, 0.05) is 40.2 Å². The molecule has 0 radical (unpaired) electrons. The molecular formula is C22H22N2O6S. The first-order chi connectivity index (χ1) is 14.6. The summed E-state index contributed by atoms with van der Waals surface area (Å²) in [6.07, 6.45) is 3.15. The molecule has 8 nitrogen and oxygen atoms in total. The molecule has 2 aliphatic rings. The maximum atomic E-state index is 12.7. The molecule has 0 saturated carbocycles. The maximum absolute atomic E-state index is 12.7. The van der Waals surface area contributed by atoms with Crippen molar-refractivity contribution in [2.75, 3.05) is 11.1 Å². The second-order valence-corrected chi connectivity index (χ2v) is 10.0. The number of amides is 1. The minimum absolute atomic E-state index is 0.0715. The molecule has 31 heavy (non-hydrogen) atoms. The van der Waals surface area contributed by atoms with Gasteiger partial charge in [-0.3, -0.25) is 14.4 Å². The highest BCUT2D eigenvalue weighted by Gasteiger charge is 2.32. The molecule has 3 N–H and O–H groups in total. The maximum Gasteiger partial charge on any atom is 0.310 e. The number of aryl methyl sites for hydroxylation is 1. The van der Waals surface area contributed by atoms with Crippen LogP contribution in [0.5, 0.6) is 0 Å². The number of Topliss-reactive ketones (excluding diaryl/α,β-unsaturated/α-hetero) is 1. The summed E-state index contributed by atoms with van der Waals surface area (Å²) >= 11 is 0. The van der Waals surface area contributed by atoms with E-state index < -0.39 is 27.6 Å². The number of ketones is 1. The summed E-state index contributed by atoms with van der Waals surface area (Å²) in [5.74, 6) is -2.64. The lowest BCUT2D eigenvalue weighted by Gasteiger charge is -2.14. The van der Waals surface area contributed by atoms with Crippen LogP contribution in [-0.2, 0) is 25.8 Å². The fourth-order valence-electron chi connectivity index (χ4n) is 4.15. The molecule has 4 rings (SSSR count). The van der Waals surface area contributed by atoms with Gasteiger partial charge in [0.05, 0.1) is 22.1 Å². The van der Waals surface area contributed by atoms with Crippen LogP contribution in [-0.4, -0.2) is 41.9 Å². The second kappa shape index (κ2) is 7.49. The van der Waals surface area contributed by atoms with Gasteiger partial charge < -0.3 is 15.4 Å². The van der Waals surface area contributed by atoms with E-state index in [9.17, 15) is 27.9 Å². The van der Waals surface area contributed by atoms with Crippen LogP contribution < -0.4 is 5.32 Å². The monoisotopic (exact) mass is 442 g/mol. The van der Waals surface area contributed by atoms with E-state index in [0.717, 1.165) is 0 Å². The predicted octanol–water partition coefficient (Wildman–Crippen LogP) is 3.01. The van der Waals surface area contributed by atoms with Crippen LogP contribution in [0.15, 0.2) is 23.1 Å². The lowest BCUT2D eigenvalue weighted by Crippen LogP contribution is -2.15. The van der Waals surface area contributed by atoms with E-state index in [1.165, 1.54) is 25.1 Å². The highest BCUT2D eigenvalue weighted by molar-refractivity contribution is 7.91. The van der Waals surface area contributed by atoms with Crippen molar-refractivity contribution >= 4 is 44.8 Å². The number of rotatable bonds is 5. The summed E-state index contributed by atoms with van der Waals surface area (Å²) in [5.41, 5.74) is 2.93. The first-order valence-corrected chi connectivity index (χ1v) is 11.7. The SMILES string of the molecule is CCS(=O)(=O)c1ccc2c(c1)/C(=C/c1[nH]c3c(c1C(C)C(=O)O)C(=O)CCC3)C(=O)N2. The van der Waals surface area contributed by atoms with Crippen LogP contribution in [0.3, 0.4) is 0 Å². The number of aromatic nitrogens is 1. The Bertz CT molecular complexity index is 1270. The Morgan fingerprint density at radius 3 is 2.68 bits per heavy atom. The molecule has 0 spiro atoms. The van der Waals surface area contributed by atoms with Crippen molar-refractivity contribution in [1.29, 1.82) is 0 Å². The van der Waals surface area contributed by atoms with Crippen LogP contribution >= 0.6 is 0 Å². The molecule has 1 atom stereocenters. The summed E-state index contributed by atoms with van der Waals surface area (Å²) in [7, 11) is -3.47. The summed E-state index contributed by atoms with van der Waals surface area (Å²) in [6.45, 7) is 3.05. The van der Waals surface area contributed by atoms with Crippen molar-refractivity contribution < 1.29 is 27.9 Å². The molecule has 1 amide bonds. The average molecular weight is 442 g/mol. The number of carboxylic acid groups (broad SMARTS) is 1. The van der Waals surface area contributed by atoms with Gasteiger partial charge in [-0.2, -0.15) is 0 Å². The number of aromatic amines is 1. The number of carbonyl (C=O) groups is 3. The van der Waals surface area contributed by atoms with Gasteiger partial charge in [-0.15, -0.1) is 0 Å². The number of anilines is 1. The molecule has 0 bridgehead atoms. The first kappa shape index (κ1) is 21.0. The molecule has 1 aromatic heterocycles. The lowest BCUT2D eigenvalue weighted by atomic mass is 9.87. The van der Waals surface area contributed by atoms with Gasteiger partial charge in [0.1, 0.15) is 0 Å². The van der Waals surface area contributed by atoms with Crippen molar-refractivity contribution in [3.8, 4) is 0 Å². The van der Waals surface area contributed by atoms with Crippen molar-refractivity contribution in [2.45, 2.75) is 43.9 Å². The Morgan fingerprint density at radius 1 is 1.26 bits per heavy atom. The lowest BCUT2D eigenvalue weighted by molar-refractivity contribution is -0.138. The summed E-state index contributed by atoms with van der Waals surface area (Å²) in [4.78, 5) is 40.2. The van der Waals surface area contributed by atoms with E-state index in [2.05, 4.69) is 10.3 Å². The van der Waals surface area contributed by atoms with Crippen molar-refractivity contribution in [3.05, 3.63) is 46.3 Å². The number of hydrogen-bond donors (Lipinski definition) is 3. The number of sulfone groups is 1. The van der Waals surface area contributed by atoms with Crippen LogP contribution in [0.4, 0.5) is 5.69 Å². The highest BCUT2D eigenvalue weighted by atomic mass is 32.2. The van der Waals surface area contributed by atoms with E-state index in [-0.39, 0.29) is 22.0 Å². The van der Waals surface area contributed by atoms with Gasteiger partial charge in [-0.1, -0.05) is 6.92 Å². The zero-order chi connectivity index (χ0) is 22.5. The molecule has 162 valence electrons. The normalized spacial score (nSPS) is 17.9. The van der Waals surface area contributed by atoms with Crippen molar-refractivity contribution in [2.24, 2.45) is 0 Å². The highest BCUT2D eigenvalue weighted by Crippen LogP contribution is 2.38. The molecular weight excluding hydrogens is 420 g/mol. The number of benzene rings is 1. The minimum Gasteiger partial charge on any atom is -0.481 e. The van der Waals surface area contributed by atoms with Crippen LogP contribution in [0.1, 0.15) is 65.5 Å². The summed E-state index contributed by atoms with van der Waals surface area (Å²) in [5, 5.41) is 12.3. The first-order valence-electron chi connectivity index (χ1n) is 10.0. The number of nitrogens with one attached hydrogen (secondary N) is 2. The zero-order valence-corrected chi connectivity index (χ0v) is 17.9. The third-order valence-electron chi connectivity index (χ3n) is 5.86. The average Bonchev–Trinajstić information content (AvgIpc) is 3.25. The smallest absolute Gasteiger partial charge is 0.310 e. The van der Waals surface area contributed by atoms with Crippen LogP contribution in [0.25, 0.3) is 11.6 Å². The van der Waals surface area contributed by atoms with Gasteiger partial charge in [-0.05, 0) is 44.0 Å². The molecule has 1 aromatic carbocycles. The third-order valence-corrected chi connectivity index (χ3v) is 7.59. The molecule has 1 aliphatic heterocycles. The standard InChI is InChI=1S/C22H22N2O6S/c1-3-31(29,30)12-7-8-15-13(9-12)14(21(26)24-15)10-17-19(11(2)22(27)28)20-16(23-17)5-4-6-18(20)25/h7-11,23H,3-6H2,1-2H3,(H,24,26)(H,27,28)/b14-10-. The van der Waals surface area contributed by atoms with E-state index >= 15 is 0 Å². The molecule has 1 unspecified atom stereocenters. The van der Waals surface area contributed by atoms with Gasteiger partial charge in [0.25, 0.3) is 5.91 Å². The molecule has 2 aromatic rings. The minimum atomic E-state index is -3.47. The molecule has 1 aliphatic carbocycles. The van der Waals surface area contributed by atoms with Gasteiger partial charge in [-0.25, -0.2) is 8.42 Å². The van der Waals surface area contributed by atoms with Crippen molar-refractivity contribution in [1.82, 2.24) is 4.98 Å². The summed E-state index contributed by atoms with van der Waals surface area (Å²) < 4.78 is 24.6. The van der Waals surface area contributed by atoms with Crippen LogP contribution in [0, 0.1) is 0 Å². The van der Waals surface area contributed by atoms with Gasteiger partial charge in [0.15, 0.2) is 15.6 Å². The number of carboxylic acids is 1. The van der Waals surface area contributed by atoms with E-state index in [1.54, 1.807) is 13.0 Å². The Morgan fingerprint density at radius 2 is 2.00 bits per heavy atom. The predicted molar refractivity (Wildman–Crippen MR) is 115 cm³/mol. The van der Waals surface area contributed by atoms with E-state index in [0.29, 0.717) is 53.0 Å². The Balaban J connectivity index is 1.91. The Hall–Kier alpha value is -3.20. The number of carbonyl (C=O) groups excluding carboxylic acids is 2. The topological polar surface area (TPSA) is 133 Å². The molecule has 0 saturated heterocycles. The van der Waals surface area contributed by atoms with Gasteiger partial charge >= 0.3 is 5.97 Å². The number of H-pyrrole nitrogens is 1. The zero-order valence-electron chi connectivity index (χ0n) is 17.1. The van der Waals surface area contributed by atoms with Gasteiger partial charge in [0.2, 0.25) is 0 Å². The Labute approximate surface area is 179 Å². The largest absolute Gasteiger partial charge is 0.481 e. The van der Waals surface area contributed by atoms with Crippen molar-refractivity contribution in [3.63, 3.8) is 0 Å². The molecule has 9 heteroatoms. The third kappa shape index (κ3) is 3.48.